The molecule has 0 saturated heterocycles. The normalized spacial score (nSPS) is 16.8. The van der Waals surface area contributed by atoms with Crippen LogP contribution in [-0.2, 0) is 0 Å². The van der Waals surface area contributed by atoms with Crippen LogP contribution in [0.3, 0.4) is 0 Å². The molecule has 0 unspecified atom stereocenters. The van der Waals surface area contributed by atoms with Crippen molar-refractivity contribution in [3.63, 3.8) is 0 Å². The lowest BCUT2D eigenvalue weighted by Gasteiger charge is -2.28. The van der Waals surface area contributed by atoms with E-state index in [-0.39, 0.29) is 21.4 Å². The van der Waals surface area contributed by atoms with Gasteiger partial charge in [0.1, 0.15) is 11.6 Å². The van der Waals surface area contributed by atoms with Crippen molar-refractivity contribution in [2.24, 2.45) is 0 Å². The van der Waals surface area contributed by atoms with Crippen LogP contribution in [0.4, 0.5) is 10.1 Å². The van der Waals surface area contributed by atoms with Crippen molar-refractivity contribution >= 4 is 38.5 Å². The number of benzene rings is 1. The van der Waals surface area contributed by atoms with Gasteiger partial charge in [-0.2, -0.15) is 0 Å². The molecule has 0 amide bonds. The fourth-order valence-electron chi connectivity index (χ4n) is 2.62. The molecule has 1 aromatic heterocycles. The zero-order chi connectivity index (χ0) is 15.5. The fraction of sp³-hybridized carbons (Fsp3) is 0.231. The van der Waals surface area contributed by atoms with Crippen LogP contribution in [0, 0.1) is 5.82 Å². The number of halogens is 2. The molecule has 2 aromatic rings. The summed E-state index contributed by atoms with van der Waals surface area (Å²) in [5.41, 5.74) is -0.938. The number of carbonyl (C=O) groups is 1. The largest absolute Gasteiger partial charge is 0.506 e. The highest BCUT2D eigenvalue weighted by Crippen LogP contribution is 2.40. The van der Waals surface area contributed by atoms with Crippen LogP contribution < -0.4 is 10.9 Å². The maximum absolute atomic E-state index is 13.9. The van der Waals surface area contributed by atoms with Gasteiger partial charge in [-0.05, 0) is 28.9 Å². The third kappa shape index (κ3) is 1.75. The van der Waals surface area contributed by atoms with Gasteiger partial charge >= 0.3 is 5.97 Å². The maximum Gasteiger partial charge on any atom is 0.345 e. The lowest BCUT2D eigenvalue weighted by molar-refractivity contribution is 0.0691. The summed E-state index contributed by atoms with van der Waals surface area (Å²) in [6.07, 6.45) is 0. The van der Waals surface area contributed by atoms with Crippen LogP contribution in [0.15, 0.2) is 15.3 Å². The molecule has 6 nitrogen and oxygen atoms in total. The monoisotopic (exact) mass is 356 g/mol. The third-order valence-electron chi connectivity index (χ3n) is 3.59. The van der Waals surface area contributed by atoms with Crippen molar-refractivity contribution in [2.75, 3.05) is 11.9 Å². The maximum atomic E-state index is 13.9. The molecule has 0 radical (unpaired) electrons. The van der Waals surface area contributed by atoms with Gasteiger partial charge in [-0.25, -0.2) is 9.18 Å². The van der Waals surface area contributed by atoms with Crippen LogP contribution in [0.2, 0.25) is 0 Å². The van der Waals surface area contributed by atoms with Crippen molar-refractivity contribution in [2.45, 2.75) is 13.0 Å². The number of hydrogen-bond acceptors (Lipinski definition) is 4. The third-order valence-corrected chi connectivity index (χ3v) is 4.36. The quantitative estimate of drug-likeness (QED) is 0.729. The molecule has 0 bridgehead atoms. The number of nitrogens with one attached hydrogen (secondary N) is 1. The van der Waals surface area contributed by atoms with E-state index >= 15 is 0 Å². The van der Waals surface area contributed by atoms with Crippen LogP contribution in [0.5, 0.6) is 5.75 Å². The van der Waals surface area contributed by atoms with Gasteiger partial charge in [-0.15, -0.1) is 0 Å². The minimum absolute atomic E-state index is 0.0123. The molecule has 1 aromatic carbocycles. The van der Waals surface area contributed by atoms with Gasteiger partial charge in [0.25, 0.3) is 5.56 Å². The van der Waals surface area contributed by atoms with Crippen molar-refractivity contribution in [1.82, 2.24) is 4.57 Å². The molecular formula is C13H10BrFN2O4. The topological polar surface area (TPSA) is 91.6 Å². The Balaban J connectivity index is 2.64. The molecule has 1 aliphatic rings. The number of nitrogens with zero attached hydrogens (tertiary/aromatic N) is 1. The molecular weight excluding hydrogens is 347 g/mol. The Morgan fingerprint density at radius 3 is 2.86 bits per heavy atom. The fourth-order valence-corrected chi connectivity index (χ4v) is 3.06. The Bertz CT molecular complexity index is 862. The number of aromatic nitrogens is 1. The average molecular weight is 357 g/mol. The molecule has 1 atom stereocenters. The second-order valence-corrected chi connectivity index (χ2v) is 5.67. The Hall–Kier alpha value is -2.09. The van der Waals surface area contributed by atoms with E-state index in [0.29, 0.717) is 12.2 Å². The number of aromatic carboxylic acids is 1. The number of carboxylic acid groups (broad SMARTS) is 1. The van der Waals surface area contributed by atoms with Gasteiger partial charge in [-0.3, -0.25) is 4.79 Å². The first-order valence-corrected chi connectivity index (χ1v) is 6.90. The summed E-state index contributed by atoms with van der Waals surface area (Å²) < 4.78 is 15.3. The van der Waals surface area contributed by atoms with E-state index in [1.165, 1.54) is 4.57 Å². The Morgan fingerprint density at radius 2 is 2.24 bits per heavy atom. The molecule has 3 N–H and O–H groups in total. The van der Waals surface area contributed by atoms with Crippen molar-refractivity contribution in [3.8, 4) is 5.75 Å². The smallest absolute Gasteiger partial charge is 0.345 e. The highest BCUT2D eigenvalue weighted by molar-refractivity contribution is 9.10. The van der Waals surface area contributed by atoms with E-state index < -0.39 is 28.7 Å². The summed E-state index contributed by atoms with van der Waals surface area (Å²) in [5.74, 6) is -2.92. The summed E-state index contributed by atoms with van der Waals surface area (Å²) in [4.78, 5) is 23.6. The first-order valence-electron chi connectivity index (χ1n) is 6.11. The van der Waals surface area contributed by atoms with Crippen LogP contribution >= 0.6 is 15.9 Å². The first kappa shape index (κ1) is 13.9. The highest BCUT2D eigenvalue weighted by Gasteiger charge is 2.29. The predicted octanol–water partition coefficient (Wildman–Crippen LogP) is 2.29. The number of carboxylic acids is 1. The van der Waals surface area contributed by atoms with Gasteiger partial charge in [-0.1, -0.05) is 0 Å². The van der Waals surface area contributed by atoms with E-state index in [9.17, 15) is 19.1 Å². The van der Waals surface area contributed by atoms with E-state index in [0.717, 1.165) is 6.07 Å². The van der Waals surface area contributed by atoms with Gasteiger partial charge < -0.3 is 20.1 Å². The number of aromatic hydroxyl groups is 1. The van der Waals surface area contributed by atoms with E-state index in [4.69, 9.17) is 5.11 Å². The molecule has 0 saturated carbocycles. The first-order chi connectivity index (χ1) is 9.84. The Labute approximate surface area is 125 Å². The van der Waals surface area contributed by atoms with Crippen molar-refractivity contribution < 1.29 is 19.4 Å². The average Bonchev–Trinajstić information content (AvgIpc) is 2.40. The molecule has 8 heteroatoms. The standard InChI is InChI=1S/C13H10BrFN2O4/c1-4-3-16-9-8(14)6(15)2-5-10(9)17(4)12(19)7(11(5)18)13(20)21/h2,4,16,18H,3H2,1H3,(H,20,21)/t4-/m0/s1. The minimum atomic E-state index is -1.54. The molecule has 0 spiro atoms. The predicted molar refractivity (Wildman–Crippen MR) is 77.7 cm³/mol. The molecule has 0 fully saturated rings. The molecule has 0 aliphatic carbocycles. The summed E-state index contributed by atoms with van der Waals surface area (Å²) in [6, 6.07) is 0.684. The zero-order valence-corrected chi connectivity index (χ0v) is 12.4. The summed E-state index contributed by atoms with van der Waals surface area (Å²) >= 11 is 3.10. The van der Waals surface area contributed by atoms with Gasteiger partial charge in [0.2, 0.25) is 0 Å². The van der Waals surface area contributed by atoms with Gasteiger partial charge in [0, 0.05) is 11.9 Å². The molecule has 3 rings (SSSR count). The van der Waals surface area contributed by atoms with Crippen molar-refractivity contribution in [1.29, 1.82) is 0 Å². The summed E-state index contributed by atoms with van der Waals surface area (Å²) in [6.45, 7) is 2.07. The van der Waals surface area contributed by atoms with E-state index in [1.807, 2.05) is 0 Å². The second-order valence-electron chi connectivity index (χ2n) is 4.88. The zero-order valence-electron chi connectivity index (χ0n) is 10.8. The molecule has 2 heterocycles. The SMILES string of the molecule is C[C@H]1CNc2c(Br)c(F)cc3c(O)c(C(=O)O)c(=O)n1c23. The molecule has 1 aliphatic heterocycles. The number of anilines is 1. The Kier molecular flexibility index (Phi) is 2.94. The lowest BCUT2D eigenvalue weighted by Crippen LogP contribution is -2.35. The number of pyridine rings is 1. The Morgan fingerprint density at radius 1 is 1.57 bits per heavy atom. The molecule has 21 heavy (non-hydrogen) atoms. The lowest BCUT2D eigenvalue weighted by atomic mass is 10.0. The van der Waals surface area contributed by atoms with E-state index in [2.05, 4.69) is 21.2 Å². The second kappa shape index (κ2) is 4.45. The van der Waals surface area contributed by atoms with Gasteiger partial charge in [0.15, 0.2) is 5.56 Å². The highest BCUT2D eigenvalue weighted by atomic mass is 79.9. The van der Waals surface area contributed by atoms with Crippen LogP contribution in [0.1, 0.15) is 23.3 Å². The summed E-state index contributed by atoms with van der Waals surface area (Å²) in [5, 5.41) is 22.2. The van der Waals surface area contributed by atoms with Gasteiger partial charge in [0.05, 0.1) is 21.7 Å². The minimum Gasteiger partial charge on any atom is -0.506 e. The van der Waals surface area contributed by atoms with Crippen LogP contribution in [-0.4, -0.2) is 27.3 Å². The van der Waals surface area contributed by atoms with Crippen molar-refractivity contribution in [3.05, 3.63) is 32.3 Å². The number of hydrogen-bond donors (Lipinski definition) is 3. The summed E-state index contributed by atoms with van der Waals surface area (Å²) in [7, 11) is 0. The van der Waals surface area contributed by atoms with E-state index in [1.54, 1.807) is 6.92 Å². The van der Waals surface area contributed by atoms with Crippen LogP contribution in [0.25, 0.3) is 10.9 Å². The number of rotatable bonds is 1. The molecule has 110 valence electrons.